The lowest BCUT2D eigenvalue weighted by Crippen LogP contribution is -2.44. The van der Waals surface area contributed by atoms with Crippen LogP contribution in [0.4, 0.5) is 0 Å². The van der Waals surface area contributed by atoms with Crippen molar-refractivity contribution in [2.45, 2.75) is 50.6 Å². The lowest BCUT2D eigenvalue weighted by Gasteiger charge is -2.38. The van der Waals surface area contributed by atoms with Crippen LogP contribution in [0.25, 0.3) is 0 Å². The van der Waals surface area contributed by atoms with Crippen LogP contribution in [-0.4, -0.2) is 36.6 Å². The number of hydrogen-bond donors (Lipinski definition) is 1. The van der Waals surface area contributed by atoms with Gasteiger partial charge in [0.15, 0.2) is 0 Å². The summed E-state index contributed by atoms with van der Waals surface area (Å²) < 4.78 is 0. The fourth-order valence-corrected chi connectivity index (χ4v) is 5.43. The highest BCUT2D eigenvalue weighted by Gasteiger charge is 2.53. The van der Waals surface area contributed by atoms with Gasteiger partial charge in [-0.2, -0.15) is 0 Å². The average molecular weight is 220 g/mol. The first-order valence-electron chi connectivity index (χ1n) is 7.41. The molecule has 2 aliphatic carbocycles. The minimum Gasteiger partial charge on any atom is -0.315 e. The normalized spacial score (nSPS) is 52.1. The van der Waals surface area contributed by atoms with Gasteiger partial charge in [0.2, 0.25) is 0 Å². The number of nitrogens with zero attached hydrogens (tertiary/aromatic N) is 1. The molecule has 0 aromatic rings. The molecule has 3 unspecified atom stereocenters. The van der Waals surface area contributed by atoms with Gasteiger partial charge in [0.1, 0.15) is 0 Å². The molecule has 16 heavy (non-hydrogen) atoms. The zero-order valence-electron chi connectivity index (χ0n) is 10.2. The molecule has 2 heteroatoms. The first-order chi connectivity index (χ1) is 7.95. The number of fused-ring (bicyclic) bond motifs is 3. The second-order valence-corrected chi connectivity index (χ2v) is 6.45. The first kappa shape index (κ1) is 9.90. The molecule has 0 amide bonds. The highest BCUT2D eigenvalue weighted by molar-refractivity contribution is 5.07. The Morgan fingerprint density at radius 1 is 0.938 bits per heavy atom. The number of rotatable bonds is 0. The second-order valence-electron chi connectivity index (χ2n) is 6.45. The van der Waals surface area contributed by atoms with Crippen LogP contribution in [0.3, 0.4) is 0 Å². The molecule has 0 radical (unpaired) electrons. The summed E-state index contributed by atoms with van der Waals surface area (Å²) in [6.07, 6.45) is 9.09. The third-order valence-corrected chi connectivity index (χ3v) is 5.88. The Morgan fingerprint density at radius 2 is 1.81 bits per heavy atom. The van der Waals surface area contributed by atoms with Crippen molar-refractivity contribution >= 4 is 0 Å². The van der Waals surface area contributed by atoms with Gasteiger partial charge in [0.05, 0.1) is 0 Å². The van der Waals surface area contributed by atoms with Crippen LogP contribution in [0.15, 0.2) is 0 Å². The predicted octanol–water partition coefficient (Wildman–Crippen LogP) is 1.86. The van der Waals surface area contributed by atoms with Crippen molar-refractivity contribution in [2.24, 2.45) is 17.8 Å². The van der Waals surface area contributed by atoms with Crippen molar-refractivity contribution in [3.63, 3.8) is 0 Å². The van der Waals surface area contributed by atoms with E-state index in [-0.39, 0.29) is 0 Å². The van der Waals surface area contributed by atoms with Crippen LogP contribution in [0.5, 0.6) is 0 Å². The minimum atomic E-state index is 0.971. The highest BCUT2D eigenvalue weighted by Crippen LogP contribution is 2.51. The molecule has 1 N–H and O–H groups in total. The van der Waals surface area contributed by atoms with E-state index in [0.29, 0.717) is 0 Å². The molecule has 4 aliphatic rings. The van der Waals surface area contributed by atoms with E-state index in [1.54, 1.807) is 12.8 Å². The van der Waals surface area contributed by atoms with Crippen LogP contribution in [-0.2, 0) is 0 Å². The lowest BCUT2D eigenvalue weighted by molar-refractivity contribution is 0.113. The number of nitrogens with one attached hydrogen (secondary N) is 1. The maximum atomic E-state index is 3.67. The monoisotopic (exact) mass is 220 g/mol. The standard InChI is InChI=1S/C14H24N2/c1-3-10-9-15-7-8-16-13-6-2-4-11(13)12(5-1)14(10)16/h10-15H,1-9H2/t10?,11-,12?,13-,14?/m1/s1. The van der Waals surface area contributed by atoms with E-state index in [0.717, 1.165) is 29.8 Å². The Bertz CT molecular complexity index is 278. The maximum Gasteiger partial charge on any atom is 0.0171 e. The Kier molecular flexibility index (Phi) is 2.29. The summed E-state index contributed by atoms with van der Waals surface area (Å²) in [4.78, 5) is 2.94. The van der Waals surface area contributed by atoms with Gasteiger partial charge >= 0.3 is 0 Å². The van der Waals surface area contributed by atoms with Gasteiger partial charge in [0, 0.05) is 25.2 Å². The van der Waals surface area contributed by atoms with E-state index in [1.165, 1.54) is 45.3 Å². The van der Waals surface area contributed by atoms with Gasteiger partial charge in [-0.15, -0.1) is 0 Å². The second kappa shape index (κ2) is 3.71. The molecule has 4 fully saturated rings. The molecule has 0 aromatic carbocycles. The van der Waals surface area contributed by atoms with Gasteiger partial charge in [0.25, 0.3) is 0 Å². The van der Waals surface area contributed by atoms with E-state index in [4.69, 9.17) is 0 Å². The molecule has 0 bridgehead atoms. The average Bonchev–Trinajstić information content (AvgIpc) is 2.80. The van der Waals surface area contributed by atoms with Crippen LogP contribution < -0.4 is 5.32 Å². The van der Waals surface area contributed by atoms with E-state index < -0.39 is 0 Å². The highest BCUT2D eigenvalue weighted by atomic mass is 15.3. The number of hydrogen-bond acceptors (Lipinski definition) is 2. The molecule has 2 saturated carbocycles. The zero-order chi connectivity index (χ0) is 10.5. The summed E-state index contributed by atoms with van der Waals surface area (Å²) in [5.74, 6) is 3.14. The Balaban J connectivity index is 1.69. The molecule has 90 valence electrons. The fourth-order valence-electron chi connectivity index (χ4n) is 5.43. The molecular weight excluding hydrogens is 196 g/mol. The molecule has 5 atom stereocenters. The molecule has 0 spiro atoms. The summed E-state index contributed by atoms with van der Waals surface area (Å²) in [5.41, 5.74) is 0. The van der Waals surface area contributed by atoms with E-state index >= 15 is 0 Å². The minimum absolute atomic E-state index is 0.971. The zero-order valence-corrected chi connectivity index (χ0v) is 10.2. The molecule has 4 rings (SSSR count). The summed E-state index contributed by atoms with van der Waals surface area (Å²) in [7, 11) is 0. The summed E-state index contributed by atoms with van der Waals surface area (Å²) in [5, 5.41) is 3.67. The fraction of sp³-hybridized carbons (Fsp3) is 1.00. The Morgan fingerprint density at radius 3 is 2.81 bits per heavy atom. The van der Waals surface area contributed by atoms with Gasteiger partial charge in [-0.05, 0) is 50.0 Å². The van der Waals surface area contributed by atoms with Gasteiger partial charge in [-0.1, -0.05) is 12.8 Å². The van der Waals surface area contributed by atoms with Gasteiger partial charge in [-0.3, -0.25) is 4.90 Å². The first-order valence-corrected chi connectivity index (χ1v) is 7.41. The SMILES string of the molecule is C1CC2CNCCN3C2C(C1)[C@H]1CCC[C@H]13. The van der Waals surface area contributed by atoms with Gasteiger partial charge in [-0.25, -0.2) is 0 Å². The largest absolute Gasteiger partial charge is 0.315 e. The van der Waals surface area contributed by atoms with E-state index in [2.05, 4.69) is 10.2 Å². The third-order valence-electron chi connectivity index (χ3n) is 5.88. The van der Waals surface area contributed by atoms with Crippen LogP contribution in [0.2, 0.25) is 0 Å². The van der Waals surface area contributed by atoms with Crippen LogP contribution in [0, 0.1) is 17.8 Å². The Hall–Kier alpha value is -0.0800. The molecule has 0 aromatic heterocycles. The van der Waals surface area contributed by atoms with Crippen LogP contribution >= 0.6 is 0 Å². The van der Waals surface area contributed by atoms with Crippen molar-refractivity contribution in [3.8, 4) is 0 Å². The van der Waals surface area contributed by atoms with Crippen molar-refractivity contribution in [3.05, 3.63) is 0 Å². The van der Waals surface area contributed by atoms with Crippen molar-refractivity contribution in [1.29, 1.82) is 0 Å². The van der Waals surface area contributed by atoms with Crippen molar-refractivity contribution < 1.29 is 0 Å². The van der Waals surface area contributed by atoms with Crippen LogP contribution in [0.1, 0.15) is 38.5 Å². The van der Waals surface area contributed by atoms with Crippen molar-refractivity contribution in [2.75, 3.05) is 19.6 Å². The molecular formula is C14H24N2. The lowest BCUT2D eigenvalue weighted by atomic mass is 9.73. The molecule has 2 aliphatic heterocycles. The van der Waals surface area contributed by atoms with E-state index in [1.807, 2.05) is 0 Å². The smallest absolute Gasteiger partial charge is 0.0171 e. The quantitative estimate of drug-likeness (QED) is 0.670. The van der Waals surface area contributed by atoms with Gasteiger partial charge < -0.3 is 5.32 Å². The molecule has 2 heterocycles. The van der Waals surface area contributed by atoms with E-state index in [9.17, 15) is 0 Å². The molecule has 2 saturated heterocycles. The summed E-state index contributed by atoms with van der Waals surface area (Å²) >= 11 is 0. The molecule has 2 nitrogen and oxygen atoms in total. The summed E-state index contributed by atoms with van der Waals surface area (Å²) in [6, 6.07) is 1.95. The Labute approximate surface area is 98.8 Å². The summed E-state index contributed by atoms with van der Waals surface area (Å²) in [6.45, 7) is 3.87. The van der Waals surface area contributed by atoms with Crippen molar-refractivity contribution in [1.82, 2.24) is 10.2 Å². The predicted molar refractivity (Wildman–Crippen MR) is 65.3 cm³/mol. The maximum absolute atomic E-state index is 3.67. The third kappa shape index (κ3) is 1.26. The topological polar surface area (TPSA) is 15.3 Å².